The molecule has 0 aromatic carbocycles. The van der Waals surface area contributed by atoms with E-state index in [-0.39, 0.29) is 81.3 Å². The highest BCUT2D eigenvalue weighted by Crippen LogP contribution is 2.37. The Morgan fingerprint density at radius 2 is 0.956 bits per heavy atom. The van der Waals surface area contributed by atoms with Crippen molar-refractivity contribution in [3.8, 4) is 24.3 Å². The van der Waals surface area contributed by atoms with Crippen LogP contribution in [0, 0.1) is 56.2 Å². The highest BCUT2D eigenvalue weighted by Gasteiger charge is 2.36. The molecule has 0 aromatic rings. The zero-order valence-electron chi connectivity index (χ0n) is 26.6. The van der Waals surface area contributed by atoms with Crippen molar-refractivity contribution in [2.24, 2.45) is 16.7 Å². The zero-order chi connectivity index (χ0) is 35.2. The summed E-state index contributed by atoms with van der Waals surface area (Å²) < 4.78 is 0. The Morgan fingerprint density at radius 1 is 0.689 bits per heavy atom. The van der Waals surface area contributed by atoms with Gasteiger partial charge in [-0.15, -0.1) is 0 Å². The van der Waals surface area contributed by atoms with Gasteiger partial charge in [0.15, 0.2) is 0 Å². The van der Waals surface area contributed by atoms with E-state index in [0.29, 0.717) is 19.3 Å². The number of Topliss-reactive ketones (excluding diaryl/α,β-unsaturated/α-hetero) is 3. The first-order valence-corrected chi connectivity index (χ1v) is 13.4. The van der Waals surface area contributed by atoms with Gasteiger partial charge in [0.05, 0.1) is 24.3 Å². The monoisotopic (exact) mass is 634 g/mol. The Labute approximate surface area is 264 Å². The molecule has 250 valence electrons. The number of nitrogens with zero attached hydrogens (tertiary/aromatic N) is 4. The van der Waals surface area contributed by atoms with Crippen LogP contribution in [0.4, 0.5) is 0 Å². The van der Waals surface area contributed by atoms with Crippen LogP contribution in [-0.2, 0) is 33.6 Å². The molecule has 0 radical (unpaired) electrons. The van der Waals surface area contributed by atoms with Gasteiger partial charge in [0, 0.05) is 55.4 Å². The molecule has 7 N–H and O–H groups in total. The number of hydrogen-bond donors (Lipinski definition) is 4. The second kappa shape index (κ2) is 30.5. The number of allylic oxidation sites excluding steroid dienone is 1. The SMILES string of the molecule is C=CC#N.CC(=O)C(CCC#N)(CCC#N)CCC#N.CC(=O)C(CCC(=O)O)(CCC(=O)O)CCC(=O)ON.CC(C)=O.N. The number of carbonyl (C=O) groups excluding carboxylic acids is 4. The first-order chi connectivity index (χ1) is 20.5. The summed E-state index contributed by atoms with van der Waals surface area (Å²) in [4.78, 5) is 69.3. The first kappa shape index (κ1) is 49.7. The van der Waals surface area contributed by atoms with Crippen LogP contribution < -0.4 is 12.0 Å². The van der Waals surface area contributed by atoms with Gasteiger partial charge in [-0.2, -0.15) is 26.9 Å². The maximum absolute atomic E-state index is 11.8. The molecule has 0 aliphatic heterocycles. The largest absolute Gasteiger partial charge is 0.481 e. The van der Waals surface area contributed by atoms with Crippen molar-refractivity contribution in [2.75, 3.05) is 0 Å². The van der Waals surface area contributed by atoms with Crippen LogP contribution in [0.1, 0.15) is 105 Å². The van der Waals surface area contributed by atoms with Crippen LogP contribution in [0.25, 0.3) is 0 Å². The number of ketones is 3. The lowest BCUT2D eigenvalue weighted by atomic mass is 9.72. The van der Waals surface area contributed by atoms with Crippen LogP contribution >= 0.6 is 0 Å². The number of nitriles is 4. The third-order valence-electron chi connectivity index (χ3n) is 6.30. The molecule has 0 unspecified atom stereocenters. The van der Waals surface area contributed by atoms with Gasteiger partial charge in [0.2, 0.25) is 0 Å². The summed E-state index contributed by atoms with van der Waals surface area (Å²) in [5, 5.41) is 50.7. The molecule has 0 aliphatic carbocycles. The van der Waals surface area contributed by atoms with E-state index in [0.717, 1.165) is 0 Å². The Balaban J connectivity index is -0.000000190. The van der Waals surface area contributed by atoms with Gasteiger partial charge in [-0.3, -0.25) is 24.0 Å². The highest BCUT2D eigenvalue weighted by molar-refractivity contribution is 5.84. The van der Waals surface area contributed by atoms with E-state index in [2.05, 4.69) is 11.4 Å². The van der Waals surface area contributed by atoms with Gasteiger partial charge >= 0.3 is 17.9 Å². The molecule has 0 amide bonds. The molecule has 0 spiro atoms. The van der Waals surface area contributed by atoms with Crippen molar-refractivity contribution in [3.05, 3.63) is 12.7 Å². The molecule has 0 saturated heterocycles. The fourth-order valence-electron chi connectivity index (χ4n) is 3.78. The molecule has 0 atom stereocenters. The fraction of sp³-hybridized carbons (Fsp3) is 0.600. The second-order valence-electron chi connectivity index (χ2n) is 9.67. The standard InChI is InChI=1S/C12H15N3O.C12H19NO7.C3H3N.C3H6O.H3N/c1-11(16)12(5-2-8-13,6-3-9-14)7-4-10-15;1-8(14)12(5-2-9(15)16,6-3-10(17)18)7-4-11(19)20-13;1-2-3-4;1-3(2)4;/h2-7H2,1H3;2-7,13H2,1H3,(H,15,16)(H,17,18);2H,1H2;1-2H3;1H3. The van der Waals surface area contributed by atoms with Gasteiger partial charge < -0.3 is 26.0 Å². The lowest BCUT2D eigenvalue weighted by Crippen LogP contribution is -2.32. The number of carbonyl (C=O) groups is 6. The van der Waals surface area contributed by atoms with Gasteiger partial charge in [0.25, 0.3) is 0 Å². The van der Waals surface area contributed by atoms with Crippen molar-refractivity contribution in [1.82, 2.24) is 6.15 Å². The van der Waals surface area contributed by atoms with Crippen LogP contribution in [0.2, 0.25) is 0 Å². The Morgan fingerprint density at radius 3 is 1.16 bits per heavy atom. The quantitative estimate of drug-likeness (QED) is 0.127. The minimum Gasteiger partial charge on any atom is -0.481 e. The zero-order valence-corrected chi connectivity index (χ0v) is 26.6. The van der Waals surface area contributed by atoms with Crippen molar-refractivity contribution >= 4 is 35.3 Å². The van der Waals surface area contributed by atoms with Gasteiger partial charge in [-0.25, -0.2) is 0 Å². The minimum absolute atomic E-state index is 0. The van der Waals surface area contributed by atoms with Crippen molar-refractivity contribution in [3.63, 3.8) is 0 Å². The third-order valence-corrected chi connectivity index (χ3v) is 6.30. The summed E-state index contributed by atoms with van der Waals surface area (Å²) >= 11 is 0. The number of carboxylic acid groups (broad SMARTS) is 2. The van der Waals surface area contributed by atoms with Gasteiger partial charge in [-0.05, 0) is 66.2 Å². The molecule has 15 heteroatoms. The first-order valence-electron chi connectivity index (χ1n) is 13.4. The smallest absolute Gasteiger partial charge is 0.324 e. The van der Waals surface area contributed by atoms with Crippen molar-refractivity contribution < 1.29 is 43.8 Å². The molecule has 15 nitrogen and oxygen atoms in total. The Kier molecular flexibility index (Phi) is 33.7. The third kappa shape index (κ3) is 28.9. The molecule has 0 heterocycles. The van der Waals surface area contributed by atoms with Crippen molar-refractivity contribution in [1.29, 1.82) is 21.0 Å². The van der Waals surface area contributed by atoms with Gasteiger partial charge in [-0.1, -0.05) is 6.58 Å². The van der Waals surface area contributed by atoms with E-state index in [4.69, 9.17) is 37.2 Å². The summed E-state index contributed by atoms with van der Waals surface area (Å²) in [6.07, 6.45) is 2.61. The van der Waals surface area contributed by atoms with E-state index in [9.17, 15) is 28.8 Å². The van der Waals surface area contributed by atoms with Crippen LogP contribution in [0.15, 0.2) is 12.7 Å². The van der Waals surface area contributed by atoms with E-state index in [1.165, 1.54) is 33.8 Å². The van der Waals surface area contributed by atoms with Gasteiger partial charge in [0.1, 0.15) is 17.3 Å². The number of hydrogen-bond acceptors (Lipinski definition) is 13. The summed E-state index contributed by atoms with van der Waals surface area (Å²) in [6.45, 7) is 8.91. The number of rotatable bonds is 17. The molecule has 0 rings (SSSR count). The number of aliphatic carboxylic acids is 2. The topological polar surface area (TPSA) is 308 Å². The Bertz CT molecular complexity index is 1060. The minimum atomic E-state index is -1.16. The molecule has 0 bridgehead atoms. The van der Waals surface area contributed by atoms with E-state index >= 15 is 0 Å². The van der Waals surface area contributed by atoms with E-state index < -0.39 is 28.7 Å². The molecule has 0 aromatic heterocycles. The van der Waals surface area contributed by atoms with E-state index in [1.807, 2.05) is 18.2 Å². The molecule has 45 heavy (non-hydrogen) atoms. The summed E-state index contributed by atoms with van der Waals surface area (Å²) in [6, 6.07) is 7.73. The fourth-order valence-corrected chi connectivity index (χ4v) is 3.78. The number of nitrogens with two attached hydrogens (primary N) is 1. The lowest BCUT2D eigenvalue weighted by Gasteiger charge is -2.30. The normalized spacial score (nSPS) is 9.27. The molecular formula is C30H46N6O9. The average molecular weight is 635 g/mol. The second-order valence-corrected chi connectivity index (χ2v) is 9.67. The summed E-state index contributed by atoms with van der Waals surface area (Å²) in [5.74, 6) is 1.59. The predicted octanol–water partition coefficient (Wildman–Crippen LogP) is 4.41. The molecule has 0 saturated carbocycles. The number of carboxylic acids is 2. The van der Waals surface area contributed by atoms with Crippen molar-refractivity contribution in [2.45, 2.75) is 105 Å². The van der Waals surface area contributed by atoms with E-state index in [1.54, 1.807) is 6.07 Å². The van der Waals surface area contributed by atoms with Crippen LogP contribution in [0.5, 0.6) is 0 Å². The van der Waals surface area contributed by atoms with Crippen LogP contribution in [0.3, 0.4) is 0 Å². The predicted molar refractivity (Wildman–Crippen MR) is 161 cm³/mol. The maximum atomic E-state index is 11.8. The average Bonchev–Trinajstić information content (AvgIpc) is 2.96. The molecule has 0 fully saturated rings. The lowest BCUT2D eigenvalue weighted by molar-refractivity contribution is -0.145. The van der Waals surface area contributed by atoms with Crippen LogP contribution in [-0.4, -0.2) is 45.5 Å². The Hall–Kier alpha value is -4.96. The highest BCUT2D eigenvalue weighted by atomic mass is 16.7. The summed E-state index contributed by atoms with van der Waals surface area (Å²) in [7, 11) is 0. The maximum Gasteiger partial charge on any atom is 0.324 e. The summed E-state index contributed by atoms with van der Waals surface area (Å²) in [5.41, 5.74) is -1.81. The molecular weight excluding hydrogens is 588 g/mol. The molecule has 0 aliphatic rings.